The van der Waals surface area contributed by atoms with Gasteiger partial charge in [-0.2, -0.15) is 5.10 Å². The minimum atomic E-state index is -0.451. The Morgan fingerprint density at radius 2 is 2.05 bits per heavy atom. The van der Waals surface area contributed by atoms with E-state index in [0.29, 0.717) is 18.3 Å². The first kappa shape index (κ1) is 15.5. The summed E-state index contributed by atoms with van der Waals surface area (Å²) in [7, 11) is 0. The normalized spacial score (nSPS) is 19.5. The van der Waals surface area contributed by atoms with E-state index in [1.165, 1.54) is 6.33 Å². The number of hydrogen-bond donors (Lipinski definition) is 1. The minimum Gasteiger partial charge on any atom is -0.343 e. The first-order valence-corrected chi connectivity index (χ1v) is 7.33. The summed E-state index contributed by atoms with van der Waals surface area (Å²) < 4.78 is 1.80. The van der Waals surface area contributed by atoms with Crippen LogP contribution in [0.4, 0.5) is 0 Å². The lowest BCUT2D eigenvalue weighted by Gasteiger charge is -2.34. The van der Waals surface area contributed by atoms with Crippen molar-refractivity contribution in [2.24, 2.45) is 11.8 Å². The highest BCUT2D eigenvalue weighted by Crippen LogP contribution is 2.13. The Kier molecular flexibility index (Phi) is 4.59. The van der Waals surface area contributed by atoms with Crippen LogP contribution < -0.4 is 5.32 Å². The van der Waals surface area contributed by atoms with Crippen LogP contribution in [-0.2, 0) is 22.7 Å². The standard InChI is InChI=1S/C14H23N5O2/c1-9(2)5-19-11(15-8-16-19)6-18-7-12(20)17-13(10(3)4)14(18)21/h8-10,13H,5-7H2,1-4H3,(H,17,20). The number of amides is 2. The van der Waals surface area contributed by atoms with Crippen molar-refractivity contribution < 1.29 is 9.59 Å². The number of rotatable bonds is 5. The maximum Gasteiger partial charge on any atom is 0.246 e. The van der Waals surface area contributed by atoms with Crippen LogP contribution in [0.3, 0.4) is 0 Å². The fraction of sp³-hybridized carbons (Fsp3) is 0.714. The Morgan fingerprint density at radius 3 is 2.67 bits per heavy atom. The molecule has 1 fully saturated rings. The third-order valence-corrected chi connectivity index (χ3v) is 3.46. The number of nitrogens with one attached hydrogen (secondary N) is 1. The van der Waals surface area contributed by atoms with Crippen molar-refractivity contribution in [3.63, 3.8) is 0 Å². The molecule has 1 unspecified atom stereocenters. The van der Waals surface area contributed by atoms with Gasteiger partial charge in [0.15, 0.2) is 0 Å². The fourth-order valence-electron chi connectivity index (χ4n) is 2.39. The minimum absolute atomic E-state index is 0.0521. The van der Waals surface area contributed by atoms with Gasteiger partial charge in [-0.1, -0.05) is 27.7 Å². The van der Waals surface area contributed by atoms with Crippen molar-refractivity contribution in [3.8, 4) is 0 Å². The third kappa shape index (κ3) is 3.59. The lowest BCUT2D eigenvalue weighted by atomic mass is 10.0. The molecule has 0 aromatic carbocycles. The van der Waals surface area contributed by atoms with Gasteiger partial charge in [0, 0.05) is 6.54 Å². The molecule has 1 aromatic rings. The predicted molar refractivity (Wildman–Crippen MR) is 77.0 cm³/mol. The number of piperazine rings is 1. The molecule has 1 atom stereocenters. The average molecular weight is 293 g/mol. The number of nitrogens with zero attached hydrogens (tertiary/aromatic N) is 4. The Bertz CT molecular complexity index is 523. The van der Waals surface area contributed by atoms with Crippen molar-refractivity contribution in [2.75, 3.05) is 6.54 Å². The molecule has 1 aromatic heterocycles. The van der Waals surface area contributed by atoms with Gasteiger partial charge in [0.2, 0.25) is 11.8 Å². The molecule has 1 N–H and O–H groups in total. The molecule has 1 aliphatic rings. The molecule has 0 radical (unpaired) electrons. The van der Waals surface area contributed by atoms with E-state index in [1.807, 2.05) is 13.8 Å². The number of aromatic nitrogens is 3. The zero-order valence-electron chi connectivity index (χ0n) is 13.0. The second-order valence-corrected chi connectivity index (χ2v) is 6.24. The summed E-state index contributed by atoms with van der Waals surface area (Å²) in [5, 5.41) is 6.94. The van der Waals surface area contributed by atoms with E-state index < -0.39 is 6.04 Å². The molecule has 1 aliphatic heterocycles. The predicted octanol–water partition coefficient (Wildman–Crippen LogP) is 0.417. The van der Waals surface area contributed by atoms with Gasteiger partial charge in [0.05, 0.1) is 6.54 Å². The van der Waals surface area contributed by atoms with Crippen LogP contribution >= 0.6 is 0 Å². The zero-order valence-corrected chi connectivity index (χ0v) is 13.0. The highest BCUT2D eigenvalue weighted by Gasteiger charge is 2.35. The molecule has 7 nitrogen and oxygen atoms in total. The summed E-state index contributed by atoms with van der Waals surface area (Å²) in [6.45, 7) is 9.19. The third-order valence-electron chi connectivity index (χ3n) is 3.46. The summed E-state index contributed by atoms with van der Waals surface area (Å²) in [5.41, 5.74) is 0. The van der Waals surface area contributed by atoms with Gasteiger partial charge in [0.1, 0.15) is 24.7 Å². The number of hydrogen-bond acceptors (Lipinski definition) is 4. The number of carbonyl (C=O) groups is 2. The van der Waals surface area contributed by atoms with Crippen LogP contribution in [-0.4, -0.2) is 44.1 Å². The Morgan fingerprint density at radius 1 is 1.33 bits per heavy atom. The molecule has 0 saturated carbocycles. The molecular weight excluding hydrogens is 270 g/mol. The van der Waals surface area contributed by atoms with Gasteiger partial charge in [-0.25, -0.2) is 9.67 Å². The second kappa shape index (κ2) is 6.24. The van der Waals surface area contributed by atoms with Crippen LogP contribution in [0.2, 0.25) is 0 Å². The van der Waals surface area contributed by atoms with Crippen LogP contribution in [0.5, 0.6) is 0 Å². The maximum absolute atomic E-state index is 12.4. The molecule has 1 saturated heterocycles. The highest BCUT2D eigenvalue weighted by molar-refractivity contribution is 5.94. The zero-order chi connectivity index (χ0) is 15.6. The second-order valence-electron chi connectivity index (χ2n) is 6.24. The lowest BCUT2D eigenvalue weighted by molar-refractivity contribution is -0.146. The molecule has 2 rings (SSSR count). The van der Waals surface area contributed by atoms with E-state index in [4.69, 9.17) is 0 Å². The topological polar surface area (TPSA) is 80.1 Å². The summed E-state index contributed by atoms with van der Waals surface area (Å²) in [6, 6.07) is -0.451. The Hall–Kier alpha value is -1.92. The van der Waals surface area contributed by atoms with Crippen molar-refractivity contribution in [3.05, 3.63) is 12.2 Å². The largest absolute Gasteiger partial charge is 0.343 e. The monoisotopic (exact) mass is 293 g/mol. The van der Waals surface area contributed by atoms with Gasteiger partial charge >= 0.3 is 0 Å². The SMILES string of the molecule is CC(C)Cn1ncnc1CN1CC(=O)NC(C(C)C)C1=O. The van der Waals surface area contributed by atoms with Crippen molar-refractivity contribution in [2.45, 2.75) is 46.8 Å². The van der Waals surface area contributed by atoms with E-state index in [-0.39, 0.29) is 24.3 Å². The molecule has 0 spiro atoms. The molecule has 2 heterocycles. The van der Waals surface area contributed by atoms with E-state index >= 15 is 0 Å². The molecule has 21 heavy (non-hydrogen) atoms. The molecule has 2 amide bonds. The van der Waals surface area contributed by atoms with Gasteiger partial charge in [-0.05, 0) is 11.8 Å². The highest BCUT2D eigenvalue weighted by atomic mass is 16.2. The first-order chi connectivity index (χ1) is 9.88. The molecule has 116 valence electrons. The maximum atomic E-state index is 12.4. The summed E-state index contributed by atoms with van der Waals surface area (Å²) in [4.78, 5) is 30.0. The number of carbonyl (C=O) groups excluding carboxylic acids is 2. The summed E-state index contributed by atoms with van der Waals surface area (Å²) in [5.74, 6) is 1.05. The first-order valence-electron chi connectivity index (χ1n) is 7.33. The van der Waals surface area contributed by atoms with Crippen molar-refractivity contribution >= 4 is 11.8 Å². The Labute approximate surface area is 124 Å². The van der Waals surface area contributed by atoms with Crippen LogP contribution in [0.25, 0.3) is 0 Å². The van der Waals surface area contributed by atoms with Gasteiger partial charge < -0.3 is 10.2 Å². The Balaban J connectivity index is 2.13. The molecular formula is C14H23N5O2. The quantitative estimate of drug-likeness (QED) is 0.853. The average Bonchev–Trinajstić information content (AvgIpc) is 2.79. The van der Waals surface area contributed by atoms with E-state index in [0.717, 1.165) is 6.54 Å². The fourth-order valence-corrected chi connectivity index (χ4v) is 2.39. The van der Waals surface area contributed by atoms with Gasteiger partial charge in [-0.15, -0.1) is 0 Å². The summed E-state index contributed by atoms with van der Waals surface area (Å²) in [6.07, 6.45) is 1.49. The molecule has 7 heteroatoms. The van der Waals surface area contributed by atoms with Crippen LogP contribution in [0, 0.1) is 11.8 Å². The van der Waals surface area contributed by atoms with Crippen LogP contribution in [0.15, 0.2) is 6.33 Å². The van der Waals surface area contributed by atoms with Gasteiger partial charge in [-0.3, -0.25) is 9.59 Å². The smallest absolute Gasteiger partial charge is 0.246 e. The molecule has 0 aliphatic carbocycles. The molecule has 0 bridgehead atoms. The van der Waals surface area contributed by atoms with Crippen molar-refractivity contribution in [1.82, 2.24) is 25.0 Å². The van der Waals surface area contributed by atoms with E-state index in [9.17, 15) is 9.59 Å². The van der Waals surface area contributed by atoms with Gasteiger partial charge in [0.25, 0.3) is 0 Å². The van der Waals surface area contributed by atoms with E-state index in [2.05, 4.69) is 29.2 Å². The summed E-state index contributed by atoms with van der Waals surface area (Å²) >= 11 is 0. The van der Waals surface area contributed by atoms with Crippen molar-refractivity contribution in [1.29, 1.82) is 0 Å². The van der Waals surface area contributed by atoms with E-state index in [1.54, 1.807) is 9.58 Å². The lowest BCUT2D eigenvalue weighted by Crippen LogP contribution is -2.59. The van der Waals surface area contributed by atoms with Crippen LogP contribution in [0.1, 0.15) is 33.5 Å².